The van der Waals surface area contributed by atoms with Crippen LogP contribution in [0.3, 0.4) is 0 Å². The first-order valence-corrected chi connectivity index (χ1v) is 8.63. The number of nitrogens with zero attached hydrogens (tertiary/aromatic N) is 2. The van der Waals surface area contributed by atoms with E-state index in [0.29, 0.717) is 31.0 Å². The van der Waals surface area contributed by atoms with E-state index in [-0.39, 0.29) is 5.41 Å². The normalized spacial score (nSPS) is 30.1. The average molecular weight is 295 g/mol. The molecule has 1 saturated carbocycles. The fourth-order valence-electron chi connectivity index (χ4n) is 4.02. The summed E-state index contributed by atoms with van der Waals surface area (Å²) >= 11 is 0. The molecule has 2 atom stereocenters. The van der Waals surface area contributed by atoms with Crippen LogP contribution in [0, 0.1) is 5.41 Å². The molecule has 0 aromatic rings. The summed E-state index contributed by atoms with van der Waals surface area (Å²) in [4.78, 5) is 17.1. The van der Waals surface area contributed by atoms with E-state index in [4.69, 9.17) is 5.73 Å². The fraction of sp³-hybridized carbons (Fsp3) is 0.941. The maximum atomic E-state index is 12.7. The Kier molecular flexibility index (Phi) is 5.67. The first kappa shape index (κ1) is 16.8. The van der Waals surface area contributed by atoms with Gasteiger partial charge < -0.3 is 15.5 Å². The largest absolute Gasteiger partial charge is 0.343 e. The number of hydrogen-bond donors (Lipinski definition) is 1. The predicted molar refractivity (Wildman–Crippen MR) is 87.1 cm³/mol. The van der Waals surface area contributed by atoms with Crippen molar-refractivity contribution >= 4 is 5.91 Å². The van der Waals surface area contributed by atoms with Crippen LogP contribution >= 0.6 is 0 Å². The van der Waals surface area contributed by atoms with Crippen LogP contribution in [0.15, 0.2) is 0 Å². The van der Waals surface area contributed by atoms with E-state index >= 15 is 0 Å². The van der Waals surface area contributed by atoms with Crippen LogP contribution in [0.4, 0.5) is 0 Å². The molecule has 1 heterocycles. The maximum Gasteiger partial charge on any atom is 0.223 e. The van der Waals surface area contributed by atoms with Crippen molar-refractivity contribution < 1.29 is 4.79 Å². The summed E-state index contributed by atoms with van der Waals surface area (Å²) in [5.41, 5.74) is 6.11. The SMILES string of the molecule is CC1CC(N(C)C(=O)CC2(CN)CCCCC2)CCN1C. The standard InChI is InChI=1S/C17H33N3O/c1-14-11-15(7-10-19(14)2)20(3)16(21)12-17(13-18)8-5-4-6-9-17/h14-15H,4-13,18H2,1-3H3. The monoisotopic (exact) mass is 295 g/mol. The molecule has 2 rings (SSSR count). The van der Waals surface area contributed by atoms with Crippen molar-refractivity contribution in [2.45, 2.75) is 70.4 Å². The lowest BCUT2D eigenvalue weighted by molar-refractivity contribution is -0.136. The number of rotatable bonds is 4. The van der Waals surface area contributed by atoms with Crippen molar-refractivity contribution in [1.29, 1.82) is 0 Å². The van der Waals surface area contributed by atoms with Crippen molar-refractivity contribution in [3.8, 4) is 0 Å². The number of likely N-dealkylation sites (tertiary alicyclic amines) is 1. The molecule has 4 nitrogen and oxygen atoms in total. The van der Waals surface area contributed by atoms with E-state index in [2.05, 4.69) is 18.9 Å². The van der Waals surface area contributed by atoms with Crippen molar-refractivity contribution in [3.05, 3.63) is 0 Å². The van der Waals surface area contributed by atoms with Gasteiger partial charge in [-0.2, -0.15) is 0 Å². The van der Waals surface area contributed by atoms with E-state index in [1.54, 1.807) is 0 Å². The van der Waals surface area contributed by atoms with Gasteiger partial charge in [-0.05, 0) is 51.6 Å². The minimum Gasteiger partial charge on any atom is -0.343 e. The summed E-state index contributed by atoms with van der Waals surface area (Å²) < 4.78 is 0. The van der Waals surface area contributed by atoms with Crippen LogP contribution in [0.25, 0.3) is 0 Å². The van der Waals surface area contributed by atoms with Gasteiger partial charge in [-0.25, -0.2) is 0 Å². The number of nitrogens with two attached hydrogens (primary N) is 1. The predicted octanol–water partition coefficient (Wildman–Crippen LogP) is 2.23. The molecular formula is C17H33N3O. The first-order chi connectivity index (χ1) is 9.97. The number of carbonyl (C=O) groups is 1. The molecule has 122 valence electrons. The minimum absolute atomic E-state index is 0.0840. The summed E-state index contributed by atoms with van der Waals surface area (Å²) in [5, 5.41) is 0. The lowest BCUT2D eigenvalue weighted by Crippen LogP contribution is -2.49. The molecule has 0 aromatic heterocycles. The molecule has 1 aliphatic heterocycles. The molecule has 21 heavy (non-hydrogen) atoms. The van der Waals surface area contributed by atoms with Crippen LogP contribution in [-0.4, -0.2) is 55.0 Å². The van der Waals surface area contributed by atoms with Gasteiger partial charge in [0.15, 0.2) is 0 Å². The molecule has 2 N–H and O–H groups in total. The van der Waals surface area contributed by atoms with Crippen LogP contribution < -0.4 is 5.73 Å². The van der Waals surface area contributed by atoms with E-state index in [1.165, 1.54) is 19.3 Å². The zero-order valence-electron chi connectivity index (χ0n) is 14.1. The van der Waals surface area contributed by atoms with Crippen molar-refractivity contribution in [2.75, 3.05) is 27.2 Å². The summed E-state index contributed by atoms with van der Waals surface area (Å²) in [7, 11) is 4.17. The van der Waals surface area contributed by atoms with Crippen LogP contribution in [0.2, 0.25) is 0 Å². The van der Waals surface area contributed by atoms with Gasteiger partial charge in [0.1, 0.15) is 0 Å². The second-order valence-electron chi connectivity index (χ2n) is 7.45. The quantitative estimate of drug-likeness (QED) is 0.865. The third-order valence-electron chi connectivity index (χ3n) is 6.00. The average Bonchev–Trinajstić information content (AvgIpc) is 2.50. The van der Waals surface area contributed by atoms with Gasteiger partial charge in [0.25, 0.3) is 0 Å². The second kappa shape index (κ2) is 7.10. The maximum absolute atomic E-state index is 12.7. The third kappa shape index (κ3) is 3.98. The summed E-state index contributed by atoms with van der Waals surface area (Å²) in [6.45, 7) is 4.01. The molecule has 0 bridgehead atoms. The molecular weight excluding hydrogens is 262 g/mol. The Balaban J connectivity index is 1.92. The van der Waals surface area contributed by atoms with Gasteiger partial charge in [-0.15, -0.1) is 0 Å². The highest BCUT2D eigenvalue weighted by atomic mass is 16.2. The molecule has 1 amide bonds. The van der Waals surface area contributed by atoms with Crippen molar-refractivity contribution in [2.24, 2.45) is 11.1 Å². The first-order valence-electron chi connectivity index (χ1n) is 8.63. The molecule has 4 heteroatoms. The van der Waals surface area contributed by atoms with E-state index in [1.807, 2.05) is 11.9 Å². The van der Waals surface area contributed by atoms with Gasteiger partial charge in [0, 0.05) is 32.1 Å². The number of carbonyl (C=O) groups excluding carboxylic acids is 1. The Labute approximate surface area is 130 Å². The van der Waals surface area contributed by atoms with Gasteiger partial charge in [-0.3, -0.25) is 4.79 Å². The summed E-state index contributed by atoms with van der Waals surface area (Å²) in [6.07, 6.45) is 8.88. The van der Waals surface area contributed by atoms with Gasteiger partial charge in [0.2, 0.25) is 5.91 Å². The molecule has 1 aliphatic carbocycles. The molecule has 0 radical (unpaired) electrons. The van der Waals surface area contributed by atoms with E-state index in [9.17, 15) is 4.79 Å². The Bertz CT molecular complexity index is 352. The van der Waals surface area contributed by atoms with E-state index < -0.39 is 0 Å². The summed E-state index contributed by atoms with van der Waals surface area (Å²) in [6, 6.07) is 0.972. The Morgan fingerprint density at radius 1 is 1.33 bits per heavy atom. The van der Waals surface area contributed by atoms with Crippen LogP contribution in [0.5, 0.6) is 0 Å². The highest BCUT2D eigenvalue weighted by molar-refractivity contribution is 5.77. The molecule has 1 saturated heterocycles. The number of amides is 1. The highest BCUT2D eigenvalue weighted by Gasteiger charge is 2.36. The van der Waals surface area contributed by atoms with Crippen molar-refractivity contribution in [1.82, 2.24) is 9.80 Å². The van der Waals surface area contributed by atoms with Crippen LogP contribution in [-0.2, 0) is 4.79 Å². The van der Waals surface area contributed by atoms with Gasteiger partial charge in [-0.1, -0.05) is 19.3 Å². The topological polar surface area (TPSA) is 49.6 Å². The second-order valence-corrected chi connectivity index (χ2v) is 7.45. The zero-order valence-corrected chi connectivity index (χ0v) is 14.1. The molecule has 2 unspecified atom stereocenters. The molecule has 2 aliphatic rings. The number of piperidine rings is 1. The molecule has 2 fully saturated rings. The lowest BCUT2D eigenvalue weighted by Gasteiger charge is -2.41. The molecule has 0 spiro atoms. The van der Waals surface area contributed by atoms with Gasteiger partial charge >= 0.3 is 0 Å². The number of hydrogen-bond acceptors (Lipinski definition) is 3. The molecule has 0 aromatic carbocycles. The Hall–Kier alpha value is -0.610. The zero-order chi connectivity index (χ0) is 15.5. The smallest absolute Gasteiger partial charge is 0.223 e. The Morgan fingerprint density at radius 2 is 2.00 bits per heavy atom. The minimum atomic E-state index is 0.0840. The third-order valence-corrected chi connectivity index (χ3v) is 6.00. The van der Waals surface area contributed by atoms with Crippen LogP contribution in [0.1, 0.15) is 58.3 Å². The summed E-state index contributed by atoms with van der Waals surface area (Å²) in [5.74, 6) is 0.309. The fourth-order valence-corrected chi connectivity index (χ4v) is 4.02. The lowest BCUT2D eigenvalue weighted by atomic mass is 9.71. The van der Waals surface area contributed by atoms with Gasteiger partial charge in [0.05, 0.1) is 0 Å². The van der Waals surface area contributed by atoms with E-state index in [0.717, 1.165) is 32.2 Å². The van der Waals surface area contributed by atoms with Crippen molar-refractivity contribution in [3.63, 3.8) is 0 Å². The Morgan fingerprint density at radius 3 is 2.57 bits per heavy atom. The highest BCUT2D eigenvalue weighted by Crippen LogP contribution is 2.39.